The van der Waals surface area contributed by atoms with Crippen LogP contribution in [-0.2, 0) is 4.79 Å². The maximum absolute atomic E-state index is 12.8. The van der Waals surface area contributed by atoms with Crippen molar-refractivity contribution in [3.63, 3.8) is 0 Å². The van der Waals surface area contributed by atoms with Gasteiger partial charge in [-0.1, -0.05) is 6.92 Å². The van der Waals surface area contributed by atoms with Gasteiger partial charge < -0.3 is 10.4 Å². The van der Waals surface area contributed by atoms with Crippen molar-refractivity contribution in [1.29, 1.82) is 0 Å². The van der Waals surface area contributed by atoms with Crippen molar-refractivity contribution in [2.24, 2.45) is 5.92 Å². The van der Waals surface area contributed by atoms with Crippen LogP contribution >= 0.6 is 0 Å². The summed E-state index contributed by atoms with van der Waals surface area (Å²) in [6, 6.07) is 3.10. The van der Waals surface area contributed by atoms with E-state index < -0.39 is 23.5 Å². The number of anilines is 1. The summed E-state index contributed by atoms with van der Waals surface area (Å²) in [4.78, 5) is 11.5. The monoisotopic (exact) mass is 229 g/mol. The van der Waals surface area contributed by atoms with Gasteiger partial charge in [-0.25, -0.2) is 8.78 Å². The molecule has 5 heteroatoms. The Bertz CT molecular complexity index is 378. The molecule has 0 fully saturated rings. The minimum absolute atomic E-state index is 0.177. The molecule has 1 aromatic rings. The Balaban J connectivity index is 2.73. The summed E-state index contributed by atoms with van der Waals surface area (Å²) in [6.07, 6.45) is 0.478. The lowest BCUT2D eigenvalue weighted by molar-refractivity contribution is -0.121. The van der Waals surface area contributed by atoms with E-state index in [9.17, 15) is 13.6 Å². The van der Waals surface area contributed by atoms with Crippen molar-refractivity contribution in [3.8, 4) is 0 Å². The molecule has 0 saturated heterocycles. The predicted molar refractivity (Wildman–Crippen MR) is 55.9 cm³/mol. The Kier molecular flexibility index (Phi) is 4.37. The van der Waals surface area contributed by atoms with Crippen LogP contribution in [0.5, 0.6) is 0 Å². The zero-order valence-electron chi connectivity index (χ0n) is 8.84. The van der Waals surface area contributed by atoms with Gasteiger partial charge in [0.05, 0.1) is 12.5 Å². The predicted octanol–water partition coefficient (Wildman–Crippen LogP) is 1.92. The largest absolute Gasteiger partial charge is 0.396 e. The van der Waals surface area contributed by atoms with Crippen LogP contribution in [0.15, 0.2) is 18.2 Å². The topological polar surface area (TPSA) is 49.3 Å². The van der Waals surface area contributed by atoms with E-state index in [4.69, 9.17) is 5.11 Å². The first-order valence-corrected chi connectivity index (χ1v) is 4.95. The molecule has 1 atom stereocenters. The number of carbonyl (C=O) groups is 1. The Hall–Kier alpha value is -1.49. The lowest BCUT2D eigenvalue weighted by Gasteiger charge is -2.12. The van der Waals surface area contributed by atoms with Crippen molar-refractivity contribution in [2.45, 2.75) is 13.3 Å². The molecular formula is C11H13F2NO2. The smallest absolute Gasteiger partial charge is 0.229 e. The Morgan fingerprint density at radius 3 is 2.62 bits per heavy atom. The standard InChI is InChI=1S/C11H13F2NO2/c1-2-7(6-15)11(16)14-8-3-4-9(12)10(13)5-8/h3-5,7,15H,2,6H2,1H3,(H,14,16). The average Bonchev–Trinajstić information content (AvgIpc) is 2.25. The van der Waals surface area contributed by atoms with Gasteiger partial charge in [0.15, 0.2) is 11.6 Å². The molecule has 2 N–H and O–H groups in total. The Morgan fingerprint density at radius 1 is 1.44 bits per heavy atom. The highest BCUT2D eigenvalue weighted by molar-refractivity contribution is 5.92. The molecule has 0 saturated carbocycles. The minimum Gasteiger partial charge on any atom is -0.396 e. The van der Waals surface area contributed by atoms with Gasteiger partial charge in [-0.2, -0.15) is 0 Å². The third kappa shape index (κ3) is 3.00. The van der Waals surface area contributed by atoms with Gasteiger partial charge in [-0.05, 0) is 18.6 Å². The van der Waals surface area contributed by atoms with E-state index >= 15 is 0 Å². The van der Waals surface area contributed by atoms with Crippen molar-refractivity contribution in [3.05, 3.63) is 29.8 Å². The highest BCUT2D eigenvalue weighted by atomic mass is 19.2. The Labute approximate surface area is 92.1 Å². The molecule has 0 radical (unpaired) electrons. The molecule has 0 aromatic heterocycles. The summed E-state index contributed by atoms with van der Waals surface area (Å²) >= 11 is 0. The molecule has 0 aliphatic rings. The van der Waals surface area contributed by atoms with Gasteiger partial charge in [0.1, 0.15) is 0 Å². The second kappa shape index (κ2) is 5.55. The number of benzene rings is 1. The summed E-state index contributed by atoms with van der Waals surface area (Å²) in [5, 5.41) is 11.3. The second-order valence-corrected chi connectivity index (χ2v) is 3.41. The maximum Gasteiger partial charge on any atom is 0.229 e. The van der Waals surface area contributed by atoms with Crippen molar-refractivity contribution >= 4 is 11.6 Å². The van der Waals surface area contributed by atoms with Gasteiger partial charge in [0.25, 0.3) is 0 Å². The fourth-order valence-corrected chi connectivity index (χ4v) is 1.22. The third-order valence-corrected chi connectivity index (χ3v) is 2.27. The molecular weight excluding hydrogens is 216 g/mol. The summed E-state index contributed by atoms with van der Waals surface area (Å²) < 4.78 is 25.4. The quantitative estimate of drug-likeness (QED) is 0.828. The zero-order chi connectivity index (χ0) is 12.1. The summed E-state index contributed by atoms with van der Waals surface area (Å²) in [5.74, 6) is -2.92. The van der Waals surface area contributed by atoms with Crippen LogP contribution in [-0.4, -0.2) is 17.6 Å². The first kappa shape index (κ1) is 12.6. The van der Waals surface area contributed by atoms with Crippen LogP contribution in [0.2, 0.25) is 0 Å². The van der Waals surface area contributed by atoms with Gasteiger partial charge in [-0.15, -0.1) is 0 Å². The molecule has 3 nitrogen and oxygen atoms in total. The van der Waals surface area contributed by atoms with Crippen molar-refractivity contribution in [1.82, 2.24) is 0 Å². The molecule has 0 bridgehead atoms. The van der Waals surface area contributed by atoms with Crippen LogP contribution < -0.4 is 5.32 Å². The minimum atomic E-state index is -1.02. The number of hydrogen-bond donors (Lipinski definition) is 2. The van der Waals surface area contributed by atoms with Crippen molar-refractivity contribution in [2.75, 3.05) is 11.9 Å². The molecule has 1 amide bonds. The van der Waals surface area contributed by atoms with E-state index in [1.165, 1.54) is 6.07 Å². The van der Waals surface area contributed by atoms with Crippen LogP contribution in [0.4, 0.5) is 14.5 Å². The van der Waals surface area contributed by atoms with E-state index in [2.05, 4.69) is 5.32 Å². The van der Waals surface area contributed by atoms with Crippen LogP contribution in [0, 0.1) is 17.6 Å². The summed E-state index contributed by atoms with van der Waals surface area (Å²) in [6.45, 7) is 1.48. The number of hydrogen-bond acceptors (Lipinski definition) is 2. The van der Waals surface area contributed by atoms with E-state index in [-0.39, 0.29) is 12.3 Å². The number of halogens is 2. The zero-order valence-corrected chi connectivity index (χ0v) is 8.84. The van der Waals surface area contributed by atoms with Crippen LogP contribution in [0.1, 0.15) is 13.3 Å². The number of carbonyl (C=O) groups excluding carboxylic acids is 1. The molecule has 0 spiro atoms. The fourth-order valence-electron chi connectivity index (χ4n) is 1.22. The van der Waals surface area contributed by atoms with Gasteiger partial charge in [-0.3, -0.25) is 4.79 Å². The highest BCUT2D eigenvalue weighted by Gasteiger charge is 2.15. The molecule has 1 rings (SSSR count). The van der Waals surface area contributed by atoms with E-state index in [1.807, 2.05) is 0 Å². The van der Waals surface area contributed by atoms with Gasteiger partial charge in [0, 0.05) is 11.8 Å². The number of amides is 1. The average molecular weight is 229 g/mol. The van der Waals surface area contributed by atoms with Crippen molar-refractivity contribution < 1.29 is 18.7 Å². The van der Waals surface area contributed by atoms with Crippen LogP contribution in [0.25, 0.3) is 0 Å². The third-order valence-electron chi connectivity index (χ3n) is 2.27. The first-order chi connectivity index (χ1) is 7.58. The van der Waals surface area contributed by atoms with E-state index in [0.29, 0.717) is 6.42 Å². The molecule has 16 heavy (non-hydrogen) atoms. The van der Waals surface area contributed by atoms with Gasteiger partial charge >= 0.3 is 0 Å². The summed E-state index contributed by atoms with van der Waals surface area (Å²) in [7, 11) is 0. The van der Waals surface area contributed by atoms with Crippen LogP contribution in [0.3, 0.4) is 0 Å². The first-order valence-electron chi connectivity index (χ1n) is 4.95. The molecule has 1 aromatic carbocycles. The Morgan fingerprint density at radius 2 is 2.12 bits per heavy atom. The lowest BCUT2D eigenvalue weighted by Crippen LogP contribution is -2.25. The lowest BCUT2D eigenvalue weighted by atomic mass is 10.1. The molecule has 1 unspecified atom stereocenters. The van der Waals surface area contributed by atoms with E-state index in [0.717, 1.165) is 12.1 Å². The number of nitrogens with one attached hydrogen (secondary N) is 1. The molecule has 0 heterocycles. The molecule has 0 aliphatic heterocycles. The number of aliphatic hydroxyl groups excluding tert-OH is 1. The SMILES string of the molecule is CCC(CO)C(=O)Nc1ccc(F)c(F)c1. The maximum atomic E-state index is 12.8. The normalized spacial score (nSPS) is 12.2. The second-order valence-electron chi connectivity index (χ2n) is 3.41. The van der Waals surface area contributed by atoms with Gasteiger partial charge in [0.2, 0.25) is 5.91 Å². The summed E-state index contributed by atoms with van der Waals surface area (Å²) in [5.41, 5.74) is 0.177. The number of rotatable bonds is 4. The number of aliphatic hydroxyl groups is 1. The molecule has 88 valence electrons. The fraction of sp³-hybridized carbons (Fsp3) is 0.364. The molecule has 0 aliphatic carbocycles. The van der Waals surface area contributed by atoms with E-state index in [1.54, 1.807) is 6.92 Å². The highest BCUT2D eigenvalue weighted by Crippen LogP contribution is 2.14.